The van der Waals surface area contributed by atoms with Crippen molar-refractivity contribution in [2.45, 2.75) is 51.2 Å². The smallest absolute Gasteiger partial charge is 0.0146 e. The van der Waals surface area contributed by atoms with Crippen molar-refractivity contribution in [3.63, 3.8) is 0 Å². The zero-order valence-corrected chi connectivity index (χ0v) is 9.12. The van der Waals surface area contributed by atoms with Crippen molar-refractivity contribution < 1.29 is 0 Å². The van der Waals surface area contributed by atoms with Crippen LogP contribution in [0.5, 0.6) is 0 Å². The molecule has 1 unspecified atom stereocenters. The van der Waals surface area contributed by atoms with Gasteiger partial charge in [0.1, 0.15) is 0 Å². The predicted octanol–water partition coefficient (Wildman–Crippen LogP) is 4.02. The van der Waals surface area contributed by atoms with Gasteiger partial charge < -0.3 is 0 Å². The van der Waals surface area contributed by atoms with Gasteiger partial charge in [-0.05, 0) is 25.7 Å². The third-order valence-electron chi connectivity index (χ3n) is 2.48. The third kappa shape index (κ3) is 3.22. The molecule has 0 bridgehead atoms. The van der Waals surface area contributed by atoms with Gasteiger partial charge in [-0.1, -0.05) is 31.9 Å². The van der Waals surface area contributed by atoms with Gasteiger partial charge in [-0.15, -0.1) is 0 Å². The van der Waals surface area contributed by atoms with E-state index < -0.39 is 0 Å². The Hall–Kier alpha value is 0.0900. The van der Waals surface area contributed by atoms with Crippen molar-refractivity contribution >= 4 is 11.8 Å². The summed E-state index contributed by atoms with van der Waals surface area (Å²) in [5.74, 6) is 1.30. The minimum Gasteiger partial charge on any atom is -0.154 e. The molecule has 70 valence electrons. The van der Waals surface area contributed by atoms with Crippen LogP contribution in [0.1, 0.15) is 46.0 Å². The standard InChI is InChI=1S/C11H20S/c1-3-5-6-10-7-8-11(4-2)12-9-10/h7,11H,3-6,8-9H2,1-2H3. The van der Waals surface area contributed by atoms with Crippen LogP contribution in [0.25, 0.3) is 0 Å². The van der Waals surface area contributed by atoms with Crippen molar-refractivity contribution in [2.24, 2.45) is 0 Å². The molecule has 0 radical (unpaired) electrons. The van der Waals surface area contributed by atoms with Gasteiger partial charge in [-0.2, -0.15) is 11.8 Å². The van der Waals surface area contributed by atoms with E-state index in [4.69, 9.17) is 0 Å². The van der Waals surface area contributed by atoms with Gasteiger partial charge >= 0.3 is 0 Å². The van der Waals surface area contributed by atoms with Crippen LogP contribution in [0.3, 0.4) is 0 Å². The number of hydrogen-bond acceptors (Lipinski definition) is 1. The molecule has 0 N–H and O–H groups in total. The molecule has 0 saturated carbocycles. The Kier molecular flexibility index (Phi) is 4.82. The third-order valence-corrected chi connectivity index (χ3v) is 4.02. The lowest BCUT2D eigenvalue weighted by atomic mass is 10.1. The molecule has 0 aromatic heterocycles. The molecular formula is C11H20S. The van der Waals surface area contributed by atoms with E-state index in [1.807, 2.05) is 0 Å². The molecule has 1 heteroatoms. The second kappa shape index (κ2) is 5.69. The van der Waals surface area contributed by atoms with Crippen LogP contribution >= 0.6 is 11.8 Å². The number of hydrogen-bond donors (Lipinski definition) is 0. The molecule has 0 amide bonds. The van der Waals surface area contributed by atoms with Crippen molar-refractivity contribution in [1.82, 2.24) is 0 Å². The first-order valence-corrected chi connectivity index (χ1v) is 6.21. The molecule has 0 saturated heterocycles. The Labute approximate surface area is 80.8 Å². The van der Waals surface area contributed by atoms with E-state index in [-0.39, 0.29) is 0 Å². The molecule has 1 atom stereocenters. The highest BCUT2D eigenvalue weighted by molar-refractivity contribution is 8.00. The van der Waals surface area contributed by atoms with Gasteiger partial charge in [0.05, 0.1) is 0 Å². The molecule has 1 aliphatic heterocycles. The summed E-state index contributed by atoms with van der Waals surface area (Å²) in [6.45, 7) is 4.56. The van der Waals surface area contributed by atoms with Crippen LogP contribution in [0.15, 0.2) is 11.6 Å². The highest BCUT2D eigenvalue weighted by atomic mass is 32.2. The summed E-state index contributed by atoms with van der Waals surface area (Å²) in [6.07, 6.45) is 9.20. The lowest BCUT2D eigenvalue weighted by molar-refractivity contribution is 0.765. The summed E-state index contributed by atoms with van der Waals surface area (Å²) < 4.78 is 0. The SMILES string of the molecule is CCCCC1=CCC(CC)SC1. The molecule has 12 heavy (non-hydrogen) atoms. The Morgan fingerprint density at radius 2 is 2.33 bits per heavy atom. The maximum Gasteiger partial charge on any atom is 0.0146 e. The molecule has 0 aromatic rings. The maximum atomic E-state index is 2.49. The summed E-state index contributed by atoms with van der Waals surface area (Å²) in [6, 6.07) is 0. The molecule has 0 fully saturated rings. The largest absolute Gasteiger partial charge is 0.154 e. The van der Waals surface area contributed by atoms with Crippen molar-refractivity contribution in [1.29, 1.82) is 0 Å². The number of unbranched alkanes of at least 4 members (excludes halogenated alkanes) is 1. The van der Waals surface area contributed by atoms with Crippen molar-refractivity contribution in [2.75, 3.05) is 5.75 Å². The van der Waals surface area contributed by atoms with E-state index in [2.05, 4.69) is 31.7 Å². The number of thioether (sulfide) groups is 1. The number of allylic oxidation sites excluding steroid dienone is 1. The predicted molar refractivity (Wildman–Crippen MR) is 58.8 cm³/mol. The highest BCUT2D eigenvalue weighted by Gasteiger charge is 2.11. The fourth-order valence-electron chi connectivity index (χ4n) is 1.51. The summed E-state index contributed by atoms with van der Waals surface area (Å²) >= 11 is 2.15. The first-order valence-electron chi connectivity index (χ1n) is 5.16. The minimum atomic E-state index is 0.912. The fraction of sp³-hybridized carbons (Fsp3) is 0.818. The van der Waals surface area contributed by atoms with Crippen molar-refractivity contribution in [3.8, 4) is 0 Å². The first-order chi connectivity index (χ1) is 5.86. The van der Waals surface area contributed by atoms with E-state index >= 15 is 0 Å². The monoisotopic (exact) mass is 184 g/mol. The average Bonchev–Trinajstić information content (AvgIpc) is 2.15. The molecule has 1 heterocycles. The van der Waals surface area contributed by atoms with Gasteiger partial charge in [0.15, 0.2) is 0 Å². The molecular weight excluding hydrogens is 164 g/mol. The lowest BCUT2D eigenvalue weighted by Crippen LogP contribution is -2.07. The van der Waals surface area contributed by atoms with E-state index in [1.165, 1.54) is 37.9 Å². The minimum absolute atomic E-state index is 0.912. The first kappa shape index (κ1) is 10.2. The fourth-order valence-corrected chi connectivity index (χ4v) is 2.69. The highest BCUT2D eigenvalue weighted by Crippen LogP contribution is 2.28. The Bertz CT molecular complexity index is 149. The Balaban J connectivity index is 2.24. The Morgan fingerprint density at radius 3 is 2.83 bits per heavy atom. The zero-order valence-electron chi connectivity index (χ0n) is 8.31. The summed E-state index contributed by atoms with van der Waals surface area (Å²) in [5, 5.41) is 0.912. The molecule has 1 aliphatic rings. The normalized spacial score (nSPS) is 23.8. The topological polar surface area (TPSA) is 0 Å². The van der Waals surface area contributed by atoms with Gasteiger partial charge in [0, 0.05) is 11.0 Å². The van der Waals surface area contributed by atoms with Crippen LogP contribution in [0.2, 0.25) is 0 Å². The second-order valence-electron chi connectivity index (χ2n) is 3.54. The van der Waals surface area contributed by atoms with E-state index in [9.17, 15) is 0 Å². The molecule has 0 nitrogen and oxygen atoms in total. The average molecular weight is 184 g/mol. The van der Waals surface area contributed by atoms with E-state index in [1.54, 1.807) is 5.57 Å². The van der Waals surface area contributed by atoms with Gasteiger partial charge in [-0.25, -0.2) is 0 Å². The molecule has 0 aromatic carbocycles. The lowest BCUT2D eigenvalue weighted by Gasteiger charge is -2.19. The Morgan fingerprint density at radius 1 is 1.50 bits per heavy atom. The molecule has 0 spiro atoms. The number of rotatable bonds is 4. The van der Waals surface area contributed by atoms with Crippen LogP contribution in [0.4, 0.5) is 0 Å². The maximum absolute atomic E-state index is 2.49. The second-order valence-corrected chi connectivity index (χ2v) is 4.83. The van der Waals surface area contributed by atoms with Crippen LogP contribution in [-0.4, -0.2) is 11.0 Å². The van der Waals surface area contributed by atoms with Gasteiger partial charge in [0.25, 0.3) is 0 Å². The summed E-state index contributed by atoms with van der Waals surface area (Å²) in [5.41, 5.74) is 1.70. The zero-order chi connectivity index (χ0) is 8.81. The van der Waals surface area contributed by atoms with Crippen LogP contribution in [-0.2, 0) is 0 Å². The van der Waals surface area contributed by atoms with E-state index in [0.29, 0.717) is 0 Å². The van der Waals surface area contributed by atoms with Gasteiger partial charge in [0.2, 0.25) is 0 Å². The summed E-state index contributed by atoms with van der Waals surface area (Å²) in [4.78, 5) is 0. The van der Waals surface area contributed by atoms with Crippen molar-refractivity contribution in [3.05, 3.63) is 11.6 Å². The molecule has 1 rings (SSSR count). The van der Waals surface area contributed by atoms with Gasteiger partial charge in [-0.3, -0.25) is 0 Å². The molecule has 0 aliphatic carbocycles. The van der Waals surface area contributed by atoms with Crippen LogP contribution in [0, 0.1) is 0 Å². The van der Waals surface area contributed by atoms with E-state index in [0.717, 1.165) is 5.25 Å². The summed E-state index contributed by atoms with van der Waals surface area (Å²) in [7, 11) is 0. The van der Waals surface area contributed by atoms with Crippen LogP contribution < -0.4 is 0 Å². The quantitative estimate of drug-likeness (QED) is 0.595.